The maximum Gasteiger partial charge on any atom is 0.164 e. The third-order valence-electron chi connectivity index (χ3n) is 8.53. The number of rotatable bonds is 11. The molecule has 2 heterocycles. The maximum atomic E-state index is 6.93. The minimum Gasteiger partial charge on any atom is -0.488 e. The number of thioether (sulfide) groups is 1. The molecule has 2 fully saturated rings. The van der Waals surface area contributed by atoms with Gasteiger partial charge in [0.1, 0.15) is 23.6 Å². The van der Waals surface area contributed by atoms with Gasteiger partial charge in [-0.05, 0) is 81.8 Å². The summed E-state index contributed by atoms with van der Waals surface area (Å²) >= 11 is 1.96. The van der Waals surface area contributed by atoms with Gasteiger partial charge < -0.3 is 23.7 Å². The molecule has 47 heavy (non-hydrogen) atoms. The first-order valence-corrected chi connectivity index (χ1v) is 17.7. The molecule has 4 aromatic carbocycles. The molecule has 6 atom stereocenters. The zero-order valence-electron chi connectivity index (χ0n) is 28.2. The predicted octanol–water partition coefficient (Wildman–Crippen LogP) is 8.82. The normalized spacial score (nSPS) is 25.6. The van der Waals surface area contributed by atoms with Gasteiger partial charge in [-0.25, -0.2) is 0 Å². The highest BCUT2D eigenvalue weighted by Crippen LogP contribution is 2.45. The lowest BCUT2D eigenvalue weighted by Crippen LogP contribution is -2.47. The van der Waals surface area contributed by atoms with Crippen LogP contribution >= 0.6 is 11.8 Å². The summed E-state index contributed by atoms with van der Waals surface area (Å²) in [6.07, 6.45) is 0.588. The van der Waals surface area contributed by atoms with Crippen molar-refractivity contribution < 1.29 is 23.7 Å². The van der Waals surface area contributed by atoms with Crippen LogP contribution in [0.25, 0.3) is 0 Å². The Morgan fingerprint density at radius 1 is 0.574 bits per heavy atom. The Balaban J connectivity index is 1.36. The molecule has 0 bridgehead atoms. The van der Waals surface area contributed by atoms with E-state index in [0.29, 0.717) is 13.2 Å². The minimum atomic E-state index is -0.770. The van der Waals surface area contributed by atoms with Crippen LogP contribution in [0.5, 0.6) is 5.75 Å². The van der Waals surface area contributed by atoms with Crippen LogP contribution in [0.3, 0.4) is 0 Å². The van der Waals surface area contributed by atoms with E-state index in [-0.39, 0.29) is 40.5 Å². The van der Waals surface area contributed by atoms with E-state index in [9.17, 15) is 0 Å². The average molecular weight is 653 g/mol. The van der Waals surface area contributed by atoms with Crippen molar-refractivity contribution in [2.45, 2.75) is 107 Å². The van der Waals surface area contributed by atoms with Gasteiger partial charge >= 0.3 is 0 Å². The summed E-state index contributed by atoms with van der Waals surface area (Å²) in [5.74, 6) is 0.103. The van der Waals surface area contributed by atoms with E-state index in [0.717, 1.165) is 29.7 Å². The molecule has 4 aromatic rings. The molecule has 5 nitrogen and oxygen atoms in total. The Kier molecular flexibility index (Phi) is 10.7. The summed E-state index contributed by atoms with van der Waals surface area (Å²) in [7, 11) is 0. The van der Waals surface area contributed by atoms with Gasteiger partial charge in [-0.3, -0.25) is 0 Å². The number of hydrogen-bond acceptors (Lipinski definition) is 6. The number of fused-ring (bicyclic) bond motifs is 1. The smallest absolute Gasteiger partial charge is 0.164 e. The highest BCUT2D eigenvalue weighted by molar-refractivity contribution is 8.00. The Labute approximate surface area is 284 Å². The predicted molar refractivity (Wildman–Crippen MR) is 190 cm³/mol. The van der Waals surface area contributed by atoms with Gasteiger partial charge in [0.25, 0.3) is 0 Å². The Bertz CT molecular complexity index is 1520. The lowest BCUT2D eigenvalue weighted by atomic mass is 9.94. The van der Waals surface area contributed by atoms with Gasteiger partial charge in [-0.2, -0.15) is 0 Å². The highest BCUT2D eigenvalue weighted by Gasteiger charge is 2.55. The highest BCUT2D eigenvalue weighted by atomic mass is 32.2. The fourth-order valence-corrected chi connectivity index (χ4v) is 8.32. The van der Waals surface area contributed by atoms with Crippen molar-refractivity contribution in [2.75, 3.05) is 0 Å². The SMILES string of the molecule is CC(C)(C)Oc1ccc(C[C@H]2S[C@H](Cc3ccccc3)[C@H](OCc3ccccc3)[C@@H]3OC(C)(C)O[C@H]3[C@H]2OCc2ccccc2)cc1. The second-order valence-corrected chi connectivity index (χ2v) is 15.5. The largest absolute Gasteiger partial charge is 0.488 e. The van der Waals surface area contributed by atoms with Crippen molar-refractivity contribution in [3.8, 4) is 5.75 Å². The van der Waals surface area contributed by atoms with E-state index in [1.165, 1.54) is 11.1 Å². The summed E-state index contributed by atoms with van der Waals surface area (Å²) in [6.45, 7) is 11.2. The van der Waals surface area contributed by atoms with E-state index < -0.39 is 5.79 Å². The van der Waals surface area contributed by atoms with E-state index in [1.54, 1.807) is 0 Å². The van der Waals surface area contributed by atoms with E-state index in [4.69, 9.17) is 23.7 Å². The molecule has 6 heteroatoms. The molecule has 0 spiro atoms. The Hall–Kier alpha value is -3.13. The zero-order valence-corrected chi connectivity index (χ0v) is 29.0. The lowest BCUT2D eigenvalue weighted by molar-refractivity contribution is -0.167. The van der Waals surface area contributed by atoms with Crippen LogP contribution in [0.15, 0.2) is 115 Å². The number of hydrogen-bond donors (Lipinski definition) is 0. The molecule has 2 saturated heterocycles. The molecule has 2 aliphatic heterocycles. The van der Waals surface area contributed by atoms with Gasteiger partial charge in [0, 0.05) is 10.5 Å². The second kappa shape index (κ2) is 15.0. The fourth-order valence-electron chi connectivity index (χ4n) is 6.52. The van der Waals surface area contributed by atoms with E-state index in [2.05, 4.69) is 124 Å². The van der Waals surface area contributed by atoms with Gasteiger partial charge in [-0.15, -0.1) is 11.8 Å². The molecule has 248 valence electrons. The molecular weight excluding hydrogens is 605 g/mol. The van der Waals surface area contributed by atoms with Crippen LogP contribution in [-0.4, -0.2) is 46.3 Å². The molecule has 0 amide bonds. The first-order chi connectivity index (χ1) is 22.6. The van der Waals surface area contributed by atoms with Crippen LogP contribution < -0.4 is 4.74 Å². The molecular formula is C41H48O5S. The third kappa shape index (κ3) is 9.27. The van der Waals surface area contributed by atoms with Crippen LogP contribution in [0.1, 0.15) is 56.9 Å². The molecule has 0 saturated carbocycles. The maximum absolute atomic E-state index is 6.93. The summed E-state index contributed by atoms with van der Waals surface area (Å²) in [5.41, 5.74) is 4.53. The average Bonchev–Trinajstić information content (AvgIpc) is 3.32. The summed E-state index contributed by atoms with van der Waals surface area (Å²) < 4.78 is 33.6. The van der Waals surface area contributed by atoms with Gasteiger partial charge in [0.15, 0.2) is 5.79 Å². The Morgan fingerprint density at radius 3 is 1.40 bits per heavy atom. The van der Waals surface area contributed by atoms with Crippen LogP contribution in [0.4, 0.5) is 0 Å². The fraction of sp³-hybridized carbons (Fsp3) is 0.415. The molecule has 0 aliphatic carbocycles. The summed E-state index contributed by atoms with van der Waals surface area (Å²) in [4.78, 5) is 0. The van der Waals surface area contributed by atoms with Crippen molar-refractivity contribution >= 4 is 11.8 Å². The standard InChI is InChI=1S/C41H48O5S/c1-40(2,3)44-33-23-21-30(22-24-33)26-35-37(43-28-32-19-13-8-14-20-32)39-38(45-41(4,5)46-39)36(42-27-31-17-11-7-12-18-31)34(47-35)25-29-15-9-6-10-16-29/h6-24,34-39H,25-28H2,1-5H3/t34-,35-,36+,37+,38+,39+/m1/s1. The molecule has 6 rings (SSSR count). The molecule has 0 radical (unpaired) electrons. The Morgan fingerprint density at radius 2 is 0.979 bits per heavy atom. The van der Waals surface area contributed by atoms with Crippen LogP contribution in [-0.2, 0) is 45.0 Å². The van der Waals surface area contributed by atoms with Gasteiger partial charge in [-0.1, -0.05) is 103 Å². The van der Waals surface area contributed by atoms with Crippen LogP contribution in [0, 0.1) is 0 Å². The number of ether oxygens (including phenoxy) is 5. The summed E-state index contributed by atoms with van der Waals surface area (Å²) in [5, 5.41) is 0.182. The van der Waals surface area contributed by atoms with Crippen molar-refractivity contribution in [1.82, 2.24) is 0 Å². The first-order valence-electron chi connectivity index (χ1n) is 16.8. The molecule has 0 N–H and O–H groups in total. The monoisotopic (exact) mass is 652 g/mol. The third-order valence-corrected chi connectivity index (χ3v) is 10.1. The van der Waals surface area contributed by atoms with Gasteiger partial charge in [0.2, 0.25) is 0 Å². The quantitative estimate of drug-likeness (QED) is 0.161. The zero-order chi connectivity index (χ0) is 32.9. The van der Waals surface area contributed by atoms with E-state index >= 15 is 0 Å². The molecule has 0 aromatic heterocycles. The topological polar surface area (TPSA) is 46.2 Å². The van der Waals surface area contributed by atoms with Crippen molar-refractivity contribution in [2.24, 2.45) is 0 Å². The van der Waals surface area contributed by atoms with Crippen molar-refractivity contribution in [3.05, 3.63) is 138 Å². The lowest BCUT2D eigenvalue weighted by Gasteiger charge is -2.32. The van der Waals surface area contributed by atoms with E-state index in [1.807, 2.05) is 37.7 Å². The van der Waals surface area contributed by atoms with Crippen molar-refractivity contribution in [1.29, 1.82) is 0 Å². The first kappa shape index (κ1) is 33.8. The van der Waals surface area contributed by atoms with Gasteiger partial charge in [0.05, 0.1) is 25.4 Å². The van der Waals surface area contributed by atoms with Crippen molar-refractivity contribution in [3.63, 3.8) is 0 Å². The molecule has 0 unspecified atom stereocenters. The second-order valence-electron chi connectivity index (χ2n) is 14.1. The minimum absolute atomic E-state index is 0.0807. The number of benzene rings is 4. The molecule has 2 aliphatic rings. The van der Waals surface area contributed by atoms with Crippen LogP contribution in [0.2, 0.25) is 0 Å². The summed E-state index contributed by atoms with van der Waals surface area (Å²) in [6, 6.07) is 40.0.